The third-order valence-corrected chi connectivity index (χ3v) is 3.10. The molecule has 108 valence electrons. The van der Waals surface area contributed by atoms with Crippen molar-refractivity contribution in [2.75, 3.05) is 11.9 Å². The zero-order valence-electron chi connectivity index (χ0n) is 11.0. The number of thiocarbonyl (C=S) groups is 1. The van der Waals surface area contributed by atoms with E-state index in [9.17, 15) is 4.79 Å². The zero-order chi connectivity index (χ0) is 15.2. The molecule has 0 unspecified atom stereocenters. The molecule has 0 aliphatic heterocycles. The van der Waals surface area contributed by atoms with E-state index in [1.54, 1.807) is 48.5 Å². The third-order valence-electron chi connectivity index (χ3n) is 2.61. The van der Waals surface area contributed by atoms with Crippen LogP contribution in [-0.2, 0) is 4.79 Å². The Kier molecular flexibility index (Phi) is 5.14. The van der Waals surface area contributed by atoms with E-state index in [2.05, 4.69) is 5.32 Å². The van der Waals surface area contributed by atoms with Gasteiger partial charge in [0.1, 0.15) is 10.7 Å². The van der Waals surface area contributed by atoms with Gasteiger partial charge in [-0.3, -0.25) is 4.79 Å². The summed E-state index contributed by atoms with van der Waals surface area (Å²) in [5.41, 5.74) is 6.86. The fraction of sp³-hybridized carbons (Fsp3) is 0.0667. The molecule has 0 radical (unpaired) electrons. The lowest BCUT2D eigenvalue weighted by Gasteiger charge is -2.08. The van der Waals surface area contributed by atoms with Crippen molar-refractivity contribution in [1.29, 1.82) is 0 Å². The molecule has 0 atom stereocenters. The number of anilines is 1. The molecule has 1 amide bonds. The SMILES string of the molecule is NC(=S)c1cccc(NC(=O)COc2ccc(Cl)cc2)c1. The van der Waals surface area contributed by atoms with Crippen molar-refractivity contribution in [2.45, 2.75) is 0 Å². The maximum atomic E-state index is 11.8. The average molecular weight is 321 g/mol. The molecule has 0 aliphatic carbocycles. The Balaban J connectivity index is 1.91. The van der Waals surface area contributed by atoms with Crippen LogP contribution >= 0.6 is 23.8 Å². The summed E-state index contributed by atoms with van der Waals surface area (Å²) in [4.78, 5) is 12.1. The van der Waals surface area contributed by atoms with E-state index in [1.807, 2.05) is 0 Å². The van der Waals surface area contributed by atoms with Crippen LogP contribution in [0.25, 0.3) is 0 Å². The Morgan fingerprint density at radius 1 is 1.24 bits per heavy atom. The predicted molar refractivity (Wildman–Crippen MR) is 87.9 cm³/mol. The lowest BCUT2D eigenvalue weighted by molar-refractivity contribution is -0.118. The fourth-order valence-corrected chi connectivity index (χ4v) is 1.88. The van der Waals surface area contributed by atoms with Gasteiger partial charge in [0.25, 0.3) is 5.91 Å². The number of carbonyl (C=O) groups excluding carboxylic acids is 1. The Morgan fingerprint density at radius 2 is 1.95 bits per heavy atom. The highest BCUT2D eigenvalue weighted by Crippen LogP contribution is 2.15. The van der Waals surface area contributed by atoms with Gasteiger partial charge in [-0.05, 0) is 36.4 Å². The molecule has 21 heavy (non-hydrogen) atoms. The molecule has 0 aliphatic rings. The second kappa shape index (κ2) is 7.06. The minimum Gasteiger partial charge on any atom is -0.484 e. The second-order valence-corrected chi connectivity index (χ2v) is 5.11. The lowest BCUT2D eigenvalue weighted by atomic mass is 10.2. The van der Waals surface area contributed by atoms with Crippen LogP contribution in [-0.4, -0.2) is 17.5 Å². The second-order valence-electron chi connectivity index (χ2n) is 4.24. The van der Waals surface area contributed by atoms with Gasteiger partial charge < -0.3 is 15.8 Å². The topological polar surface area (TPSA) is 64.3 Å². The number of nitrogens with two attached hydrogens (primary N) is 1. The number of hydrogen-bond donors (Lipinski definition) is 2. The van der Waals surface area contributed by atoms with E-state index < -0.39 is 0 Å². The van der Waals surface area contributed by atoms with Crippen LogP contribution < -0.4 is 15.8 Å². The molecule has 0 heterocycles. The summed E-state index contributed by atoms with van der Waals surface area (Å²) in [6.07, 6.45) is 0. The highest BCUT2D eigenvalue weighted by molar-refractivity contribution is 7.80. The van der Waals surface area contributed by atoms with E-state index in [0.717, 1.165) is 0 Å². The van der Waals surface area contributed by atoms with E-state index >= 15 is 0 Å². The summed E-state index contributed by atoms with van der Waals surface area (Å²) < 4.78 is 5.35. The van der Waals surface area contributed by atoms with Gasteiger partial charge in [-0.2, -0.15) is 0 Å². The average Bonchev–Trinajstić information content (AvgIpc) is 2.47. The fourth-order valence-electron chi connectivity index (χ4n) is 1.63. The van der Waals surface area contributed by atoms with Gasteiger partial charge in [-0.1, -0.05) is 36.0 Å². The van der Waals surface area contributed by atoms with Crippen molar-refractivity contribution in [3.63, 3.8) is 0 Å². The third kappa shape index (κ3) is 4.73. The molecular weight excluding hydrogens is 308 g/mol. The molecule has 0 saturated heterocycles. The summed E-state index contributed by atoms with van der Waals surface area (Å²) in [6, 6.07) is 13.8. The molecule has 0 saturated carbocycles. The van der Waals surface area contributed by atoms with Crippen LogP contribution in [0.1, 0.15) is 5.56 Å². The first kappa shape index (κ1) is 15.3. The molecule has 3 N–H and O–H groups in total. The van der Waals surface area contributed by atoms with Gasteiger partial charge in [-0.15, -0.1) is 0 Å². The predicted octanol–water partition coefficient (Wildman–Crippen LogP) is 2.99. The zero-order valence-corrected chi connectivity index (χ0v) is 12.6. The molecule has 6 heteroatoms. The molecule has 2 aromatic carbocycles. The van der Waals surface area contributed by atoms with Crippen LogP contribution in [0.3, 0.4) is 0 Å². The van der Waals surface area contributed by atoms with Crippen molar-refractivity contribution in [3.8, 4) is 5.75 Å². The van der Waals surface area contributed by atoms with Crippen molar-refractivity contribution < 1.29 is 9.53 Å². The van der Waals surface area contributed by atoms with Gasteiger partial charge in [0.2, 0.25) is 0 Å². The maximum absolute atomic E-state index is 11.8. The molecule has 0 fully saturated rings. The first-order valence-electron chi connectivity index (χ1n) is 6.12. The van der Waals surface area contributed by atoms with Gasteiger partial charge >= 0.3 is 0 Å². The quantitative estimate of drug-likeness (QED) is 0.831. The smallest absolute Gasteiger partial charge is 0.262 e. The summed E-state index contributed by atoms with van der Waals surface area (Å²) in [5, 5.41) is 3.33. The van der Waals surface area contributed by atoms with Crippen molar-refractivity contribution >= 4 is 40.4 Å². The van der Waals surface area contributed by atoms with Gasteiger partial charge in [0.15, 0.2) is 6.61 Å². The number of halogens is 1. The normalized spacial score (nSPS) is 9.95. The Hall–Kier alpha value is -2.11. The molecule has 0 spiro atoms. The number of rotatable bonds is 5. The van der Waals surface area contributed by atoms with Crippen LogP contribution in [0, 0.1) is 0 Å². The van der Waals surface area contributed by atoms with E-state index in [0.29, 0.717) is 22.0 Å². The van der Waals surface area contributed by atoms with Gasteiger partial charge in [0, 0.05) is 16.3 Å². The van der Waals surface area contributed by atoms with E-state index in [1.165, 1.54) is 0 Å². The van der Waals surface area contributed by atoms with Gasteiger partial charge in [-0.25, -0.2) is 0 Å². The minimum absolute atomic E-state index is 0.0983. The van der Waals surface area contributed by atoms with Crippen LogP contribution in [0.4, 0.5) is 5.69 Å². The molecule has 2 aromatic rings. The highest BCUT2D eigenvalue weighted by atomic mass is 35.5. The standard InChI is InChI=1S/C15H13ClN2O2S/c16-11-4-6-13(7-5-11)20-9-14(19)18-12-3-1-2-10(8-12)15(17)21/h1-8H,9H2,(H2,17,21)(H,18,19). The molecule has 0 aromatic heterocycles. The monoisotopic (exact) mass is 320 g/mol. The molecule has 2 rings (SSSR count). The highest BCUT2D eigenvalue weighted by Gasteiger charge is 2.05. The summed E-state index contributed by atoms with van der Waals surface area (Å²) in [5.74, 6) is 0.302. The Bertz CT molecular complexity index is 659. The van der Waals surface area contributed by atoms with Crippen LogP contribution in [0.5, 0.6) is 5.75 Å². The summed E-state index contributed by atoms with van der Waals surface area (Å²) >= 11 is 10.7. The van der Waals surface area contributed by atoms with E-state index in [-0.39, 0.29) is 17.5 Å². The number of ether oxygens (including phenoxy) is 1. The first-order chi connectivity index (χ1) is 10.0. The van der Waals surface area contributed by atoms with Crippen LogP contribution in [0.2, 0.25) is 5.02 Å². The Morgan fingerprint density at radius 3 is 2.62 bits per heavy atom. The summed E-state index contributed by atoms with van der Waals surface area (Å²) in [7, 11) is 0. The number of nitrogens with one attached hydrogen (secondary N) is 1. The number of amides is 1. The van der Waals surface area contributed by atoms with Crippen LogP contribution in [0.15, 0.2) is 48.5 Å². The molecule has 4 nitrogen and oxygen atoms in total. The first-order valence-corrected chi connectivity index (χ1v) is 6.91. The van der Waals surface area contributed by atoms with E-state index in [4.69, 9.17) is 34.3 Å². The minimum atomic E-state index is -0.273. The number of carbonyl (C=O) groups is 1. The molecule has 0 bridgehead atoms. The number of hydrogen-bond acceptors (Lipinski definition) is 3. The van der Waals surface area contributed by atoms with Crippen molar-refractivity contribution in [2.24, 2.45) is 5.73 Å². The van der Waals surface area contributed by atoms with Crippen molar-refractivity contribution in [3.05, 3.63) is 59.1 Å². The van der Waals surface area contributed by atoms with Crippen molar-refractivity contribution in [1.82, 2.24) is 0 Å². The maximum Gasteiger partial charge on any atom is 0.262 e. The Labute approximate surface area is 132 Å². The number of benzene rings is 2. The van der Waals surface area contributed by atoms with Gasteiger partial charge in [0.05, 0.1) is 0 Å². The summed E-state index contributed by atoms with van der Waals surface area (Å²) in [6.45, 7) is -0.0983. The lowest BCUT2D eigenvalue weighted by Crippen LogP contribution is -2.20. The largest absolute Gasteiger partial charge is 0.484 e. The molecular formula is C15H13ClN2O2S.